The van der Waals surface area contributed by atoms with E-state index in [1.165, 1.54) is 0 Å². The molecule has 2 unspecified atom stereocenters. The Bertz CT molecular complexity index is 897. The van der Waals surface area contributed by atoms with E-state index in [1.807, 2.05) is 74.2 Å². The lowest BCUT2D eigenvalue weighted by molar-refractivity contribution is -0.0586. The van der Waals surface area contributed by atoms with Crippen molar-refractivity contribution in [1.29, 1.82) is 0 Å². The number of carbonyl (C=O) groups is 1. The summed E-state index contributed by atoms with van der Waals surface area (Å²) < 4.78 is 5.72. The molecule has 1 heterocycles. The first-order chi connectivity index (χ1) is 14.9. The van der Waals surface area contributed by atoms with E-state index in [2.05, 4.69) is 15.6 Å². The summed E-state index contributed by atoms with van der Waals surface area (Å²) in [4.78, 5) is 19.3. The molecule has 1 amide bonds. The summed E-state index contributed by atoms with van der Waals surface area (Å²) >= 11 is 6.05. The fourth-order valence-corrected chi connectivity index (χ4v) is 3.84. The average molecular weight is 571 g/mol. The molecule has 0 radical (unpaired) electrons. The van der Waals surface area contributed by atoms with Gasteiger partial charge in [-0.25, -0.2) is 4.99 Å². The Morgan fingerprint density at radius 1 is 1.09 bits per heavy atom. The molecule has 32 heavy (non-hydrogen) atoms. The van der Waals surface area contributed by atoms with Gasteiger partial charge in [-0.05, 0) is 56.2 Å². The van der Waals surface area contributed by atoms with Crippen molar-refractivity contribution in [2.45, 2.75) is 46.1 Å². The van der Waals surface area contributed by atoms with Crippen molar-refractivity contribution in [3.8, 4) is 0 Å². The largest absolute Gasteiger partial charge is 0.372 e. The second-order valence-corrected chi connectivity index (χ2v) is 8.28. The third-order valence-electron chi connectivity index (χ3n) is 5.02. The topological polar surface area (TPSA) is 66.0 Å². The summed E-state index contributed by atoms with van der Waals surface area (Å²) in [6, 6.07) is 15.4. The van der Waals surface area contributed by atoms with Crippen LogP contribution in [0.1, 0.15) is 42.3 Å². The quantitative estimate of drug-likeness (QED) is 0.306. The van der Waals surface area contributed by atoms with Crippen LogP contribution in [0, 0.1) is 0 Å². The fraction of sp³-hybridized carbons (Fsp3) is 0.417. The summed E-state index contributed by atoms with van der Waals surface area (Å²) in [5.74, 6) is 0.789. The van der Waals surface area contributed by atoms with Crippen molar-refractivity contribution < 1.29 is 9.53 Å². The number of halogens is 2. The van der Waals surface area contributed by atoms with E-state index in [-0.39, 0.29) is 42.1 Å². The Labute approximate surface area is 212 Å². The number of amides is 1. The number of nitrogens with zero attached hydrogens (tertiary/aromatic N) is 2. The van der Waals surface area contributed by atoms with Crippen molar-refractivity contribution in [2.75, 3.05) is 19.6 Å². The molecule has 3 rings (SSSR count). The maximum atomic E-state index is 12.8. The number of carbonyl (C=O) groups excluding carboxylic acids is 1. The second kappa shape index (κ2) is 13.0. The van der Waals surface area contributed by atoms with Crippen molar-refractivity contribution in [3.05, 3.63) is 70.2 Å². The van der Waals surface area contributed by atoms with Gasteiger partial charge in [0.2, 0.25) is 0 Å². The smallest absolute Gasteiger partial charge is 0.254 e. The lowest BCUT2D eigenvalue weighted by atomic mass is 10.1. The lowest BCUT2D eigenvalue weighted by Gasteiger charge is -2.35. The highest BCUT2D eigenvalue weighted by Crippen LogP contribution is 2.15. The molecule has 6 nitrogen and oxygen atoms in total. The highest BCUT2D eigenvalue weighted by atomic mass is 127. The van der Waals surface area contributed by atoms with Gasteiger partial charge in [0.15, 0.2) is 5.96 Å². The molecule has 0 bridgehead atoms. The van der Waals surface area contributed by atoms with Crippen LogP contribution in [0.15, 0.2) is 53.5 Å². The predicted octanol–water partition coefficient (Wildman–Crippen LogP) is 4.46. The standard InChI is InChI=1S/C24H31ClN4O2.HI/c1-4-26-24(28-14-20-6-5-7-22(25)12-20)27-13-19-8-10-21(11-9-19)23(30)29-15-17(2)31-18(3)16-29;/h5-12,17-18H,4,13-16H2,1-3H3,(H2,26,27,28);1H. The molecular weight excluding hydrogens is 539 g/mol. The molecule has 0 aromatic heterocycles. The molecule has 1 aliphatic rings. The van der Waals surface area contributed by atoms with Crippen molar-refractivity contribution >= 4 is 47.4 Å². The number of ether oxygens (including phenoxy) is 1. The van der Waals surface area contributed by atoms with E-state index in [0.717, 1.165) is 23.6 Å². The highest BCUT2D eigenvalue weighted by Gasteiger charge is 2.26. The lowest BCUT2D eigenvalue weighted by Crippen LogP contribution is -2.48. The van der Waals surface area contributed by atoms with Crippen LogP contribution in [0.2, 0.25) is 5.02 Å². The molecule has 1 aliphatic heterocycles. The molecule has 174 valence electrons. The third-order valence-corrected chi connectivity index (χ3v) is 5.26. The van der Waals surface area contributed by atoms with Crippen LogP contribution < -0.4 is 10.6 Å². The van der Waals surface area contributed by atoms with Gasteiger partial charge in [-0.2, -0.15) is 0 Å². The summed E-state index contributed by atoms with van der Waals surface area (Å²) in [5.41, 5.74) is 2.83. The Morgan fingerprint density at radius 2 is 1.78 bits per heavy atom. The minimum atomic E-state index is 0. The zero-order valence-corrected chi connectivity index (χ0v) is 21.9. The van der Waals surface area contributed by atoms with Gasteiger partial charge in [0, 0.05) is 36.8 Å². The molecule has 1 fully saturated rings. The van der Waals surface area contributed by atoms with Crippen LogP contribution in [0.25, 0.3) is 0 Å². The first-order valence-electron chi connectivity index (χ1n) is 10.7. The van der Waals surface area contributed by atoms with Gasteiger partial charge in [0.05, 0.1) is 18.8 Å². The SMILES string of the molecule is CCNC(=NCc1cccc(Cl)c1)NCc1ccc(C(=O)N2CC(C)OC(C)C2)cc1.I. The minimum absolute atomic E-state index is 0. The summed E-state index contributed by atoms with van der Waals surface area (Å²) in [7, 11) is 0. The highest BCUT2D eigenvalue weighted by molar-refractivity contribution is 14.0. The molecule has 8 heteroatoms. The second-order valence-electron chi connectivity index (χ2n) is 7.84. The Kier molecular flexibility index (Phi) is 10.7. The Hall–Kier alpha value is -1.84. The number of nitrogens with one attached hydrogen (secondary N) is 2. The first-order valence-corrected chi connectivity index (χ1v) is 11.1. The van der Waals surface area contributed by atoms with E-state index >= 15 is 0 Å². The van der Waals surface area contributed by atoms with Crippen molar-refractivity contribution in [3.63, 3.8) is 0 Å². The fourth-order valence-electron chi connectivity index (χ4n) is 3.62. The van der Waals surface area contributed by atoms with Crippen molar-refractivity contribution in [1.82, 2.24) is 15.5 Å². The minimum Gasteiger partial charge on any atom is -0.372 e. The number of hydrogen-bond acceptors (Lipinski definition) is 3. The van der Waals surface area contributed by atoms with Crippen LogP contribution in [0.4, 0.5) is 0 Å². The molecular formula is C24H32ClIN4O2. The molecule has 2 aromatic carbocycles. The van der Waals surface area contributed by atoms with Gasteiger partial charge in [-0.15, -0.1) is 24.0 Å². The molecule has 2 atom stereocenters. The number of morpholine rings is 1. The van der Waals surface area contributed by atoms with E-state index in [0.29, 0.717) is 36.8 Å². The predicted molar refractivity (Wildman–Crippen MR) is 141 cm³/mol. The van der Waals surface area contributed by atoms with Gasteiger partial charge in [-0.3, -0.25) is 4.79 Å². The number of hydrogen-bond donors (Lipinski definition) is 2. The molecule has 0 spiro atoms. The van der Waals surface area contributed by atoms with Gasteiger partial charge in [0.25, 0.3) is 5.91 Å². The summed E-state index contributed by atoms with van der Waals surface area (Å²) in [6.45, 7) is 9.21. The molecule has 2 N–H and O–H groups in total. The number of rotatable bonds is 6. The van der Waals surface area contributed by atoms with Crippen LogP contribution in [-0.2, 0) is 17.8 Å². The van der Waals surface area contributed by atoms with Crippen LogP contribution in [-0.4, -0.2) is 48.6 Å². The maximum Gasteiger partial charge on any atom is 0.254 e. The van der Waals surface area contributed by atoms with E-state index in [1.54, 1.807) is 0 Å². The van der Waals surface area contributed by atoms with Gasteiger partial charge < -0.3 is 20.3 Å². The monoisotopic (exact) mass is 570 g/mol. The molecule has 0 aliphatic carbocycles. The molecule has 1 saturated heterocycles. The Morgan fingerprint density at radius 3 is 2.41 bits per heavy atom. The summed E-state index contributed by atoms with van der Waals surface area (Å²) in [6.07, 6.45) is 0.124. The van der Waals surface area contributed by atoms with Crippen LogP contribution >= 0.6 is 35.6 Å². The summed E-state index contributed by atoms with van der Waals surface area (Å²) in [5, 5.41) is 7.30. The normalized spacial score (nSPS) is 18.6. The van der Waals surface area contributed by atoms with Gasteiger partial charge in [-0.1, -0.05) is 35.9 Å². The Balaban J connectivity index is 0.00000363. The average Bonchev–Trinajstić information content (AvgIpc) is 2.75. The van der Waals surface area contributed by atoms with E-state index in [4.69, 9.17) is 16.3 Å². The third kappa shape index (κ3) is 7.94. The number of aliphatic imine (C=N–C) groups is 1. The van der Waals surface area contributed by atoms with Gasteiger partial charge in [0.1, 0.15) is 0 Å². The van der Waals surface area contributed by atoms with E-state index in [9.17, 15) is 4.79 Å². The zero-order valence-electron chi connectivity index (χ0n) is 18.8. The van der Waals surface area contributed by atoms with Crippen molar-refractivity contribution in [2.24, 2.45) is 4.99 Å². The number of benzene rings is 2. The van der Waals surface area contributed by atoms with Crippen LogP contribution in [0.3, 0.4) is 0 Å². The first kappa shape index (κ1) is 26.4. The number of guanidine groups is 1. The maximum absolute atomic E-state index is 12.8. The molecule has 0 saturated carbocycles. The van der Waals surface area contributed by atoms with Gasteiger partial charge >= 0.3 is 0 Å². The van der Waals surface area contributed by atoms with Crippen LogP contribution in [0.5, 0.6) is 0 Å². The van der Waals surface area contributed by atoms with E-state index < -0.39 is 0 Å². The molecule has 2 aromatic rings. The zero-order chi connectivity index (χ0) is 22.2.